The van der Waals surface area contributed by atoms with Crippen LogP contribution < -0.4 is 19.6 Å². The maximum atomic E-state index is 13.6. The summed E-state index contributed by atoms with van der Waals surface area (Å²) in [4.78, 5) is 32.3. The van der Waals surface area contributed by atoms with E-state index in [0.717, 1.165) is 27.0 Å². The number of carbonyl (C=O) groups is 1. The van der Waals surface area contributed by atoms with Crippen molar-refractivity contribution in [1.82, 2.24) is 4.57 Å². The first kappa shape index (κ1) is 21.4. The van der Waals surface area contributed by atoms with Crippen molar-refractivity contribution in [3.05, 3.63) is 95.3 Å². The number of thiazole rings is 1. The zero-order valence-electron chi connectivity index (χ0n) is 18.2. The van der Waals surface area contributed by atoms with Crippen LogP contribution in [-0.4, -0.2) is 24.8 Å². The summed E-state index contributed by atoms with van der Waals surface area (Å²) in [6.07, 6.45) is 1.88. The second-order valence-corrected chi connectivity index (χ2v) is 9.48. The van der Waals surface area contributed by atoms with E-state index in [2.05, 4.69) is 4.99 Å². The van der Waals surface area contributed by atoms with E-state index in [9.17, 15) is 9.59 Å². The summed E-state index contributed by atoms with van der Waals surface area (Å²) in [6.45, 7) is 1.78. The Balaban J connectivity index is 1.76. The van der Waals surface area contributed by atoms with Crippen LogP contribution in [0.25, 0.3) is 16.8 Å². The molecule has 1 atom stereocenters. The Morgan fingerprint density at radius 2 is 1.88 bits per heavy atom. The van der Waals surface area contributed by atoms with Gasteiger partial charge in [0.2, 0.25) is 0 Å². The van der Waals surface area contributed by atoms with E-state index in [-0.39, 0.29) is 5.56 Å². The number of benzene rings is 2. The molecular formula is C25H20N2O4S2. The third-order valence-corrected chi connectivity index (χ3v) is 7.57. The van der Waals surface area contributed by atoms with Crippen molar-refractivity contribution in [2.24, 2.45) is 4.99 Å². The molecule has 1 unspecified atom stereocenters. The van der Waals surface area contributed by atoms with Crippen LogP contribution >= 0.6 is 22.7 Å². The number of allylic oxidation sites excluding steroid dienone is 1. The van der Waals surface area contributed by atoms with Gasteiger partial charge in [-0.25, -0.2) is 9.79 Å². The first-order valence-corrected chi connectivity index (χ1v) is 11.9. The normalized spacial score (nSPS) is 16.0. The van der Waals surface area contributed by atoms with Crippen LogP contribution in [0.5, 0.6) is 5.75 Å². The summed E-state index contributed by atoms with van der Waals surface area (Å²) in [7, 11) is 2.99. The number of hydrogen-bond donors (Lipinski definition) is 0. The van der Waals surface area contributed by atoms with Crippen molar-refractivity contribution in [1.29, 1.82) is 0 Å². The Kier molecular flexibility index (Phi) is 5.47. The van der Waals surface area contributed by atoms with Crippen LogP contribution in [0.3, 0.4) is 0 Å². The predicted molar refractivity (Wildman–Crippen MR) is 131 cm³/mol. The third-order valence-electron chi connectivity index (χ3n) is 5.66. The highest BCUT2D eigenvalue weighted by molar-refractivity contribution is 7.10. The van der Waals surface area contributed by atoms with E-state index < -0.39 is 12.0 Å². The fourth-order valence-corrected chi connectivity index (χ4v) is 6.01. The molecule has 0 radical (unpaired) electrons. The molecule has 0 bridgehead atoms. The number of aromatic nitrogens is 1. The molecule has 5 rings (SSSR count). The number of fused-ring (bicyclic) bond motifs is 2. The minimum atomic E-state index is -0.566. The van der Waals surface area contributed by atoms with E-state index in [1.54, 1.807) is 18.6 Å². The molecule has 0 N–H and O–H groups in total. The van der Waals surface area contributed by atoms with Crippen LogP contribution in [0.15, 0.2) is 75.0 Å². The van der Waals surface area contributed by atoms with E-state index >= 15 is 0 Å². The third kappa shape index (κ3) is 3.51. The lowest BCUT2D eigenvalue weighted by Gasteiger charge is -2.22. The highest BCUT2D eigenvalue weighted by Gasteiger charge is 2.33. The monoisotopic (exact) mass is 476 g/mol. The number of esters is 1. The van der Waals surface area contributed by atoms with Crippen LogP contribution in [0.1, 0.15) is 23.4 Å². The number of thiophene rings is 1. The van der Waals surface area contributed by atoms with Gasteiger partial charge >= 0.3 is 5.97 Å². The van der Waals surface area contributed by atoms with Gasteiger partial charge in [0.1, 0.15) is 11.8 Å². The molecule has 0 fully saturated rings. The fourth-order valence-electron chi connectivity index (χ4n) is 4.15. The van der Waals surface area contributed by atoms with Crippen molar-refractivity contribution >= 4 is 45.5 Å². The molecule has 0 saturated carbocycles. The number of carbonyl (C=O) groups excluding carboxylic acids is 1. The maximum absolute atomic E-state index is 13.6. The van der Waals surface area contributed by atoms with Crippen molar-refractivity contribution in [2.45, 2.75) is 13.0 Å². The van der Waals surface area contributed by atoms with E-state index in [1.807, 2.05) is 60.0 Å². The molecule has 2 aromatic carbocycles. The van der Waals surface area contributed by atoms with Crippen molar-refractivity contribution < 1.29 is 14.3 Å². The first-order valence-electron chi connectivity index (χ1n) is 10.2. The number of rotatable bonds is 4. The summed E-state index contributed by atoms with van der Waals surface area (Å²) < 4.78 is 12.7. The molecule has 8 heteroatoms. The quantitative estimate of drug-likeness (QED) is 0.422. The summed E-state index contributed by atoms with van der Waals surface area (Å²) >= 11 is 2.81. The van der Waals surface area contributed by atoms with E-state index in [4.69, 9.17) is 9.47 Å². The van der Waals surface area contributed by atoms with Gasteiger partial charge in [0.25, 0.3) is 5.56 Å². The van der Waals surface area contributed by atoms with Crippen molar-refractivity contribution in [2.75, 3.05) is 14.2 Å². The zero-order valence-corrected chi connectivity index (χ0v) is 19.8. The Labute approximate surface area is 197 Å². The highest BCUT2D eigenvalue weighted by Crippen LogP contribution is 2.33. The molecule has 4 aromatic rings. The van der Waals surface area contributed by atoms with Crippen LogP contribution in [0.2, 0.25) is 0 Å². The minimum Gasteiger partial charge on any atom is -0.496 e. The first-order chi connectivity index (χ1) is 16.0. The summed E-state index contributed by atoms with van der Waals surface area (Å²) in [5, 5.41) is 3.89. The van der Waals surface area contributed by atoms with Gasteiger partial charge in [-0.2, -0.15) is 0 Å². The average Bonchev–Trinajstić information content (AvgIpc) is 3.46. The highest BCUT2D eigenvalue weighted by atomic mass is 32.1. The van der Waals surface area contributed by atoms with Crippen molar-refractivity contribution in [3.8, 4) is 5.75 Å². The van der Waals surface area contributed by atoms with Gasteiger partial charge in [0.15, 0.2) is 4.80 Å². The van der Waals surface area contributed by atoms with Crippen LogP contribution in [0, 0.1) is 0 Å². The summed E-state index contributed by atoms with van der Waals surface area (Å²) in [5.74, 6) is 0.297. The van der Waals surface area contributed by atoms with Gasteiger partial charge in [-0.3, -0.25) is 9.36 Å². The molecule has 1 aliphatic heterocycles. The topological polar surface area (TPSA) is 69.9 Å². The van der Waals surface area contributed by atoms with Gasteiger partial charge in [0.05, 0.1) is 30.0 Å². The Morgan fingerprint density at radius 1 is 1.09 bits per heavy atom. The molecule has 0 saturated heterocycles. The average molecular weight is 477 g/mol. The number of hydrogen-bond acceptors (Lipinski definition) is 7. The lowest BCUT2D eigenvalue weighted by molar-refractivity contribution is -0.136. The van der Waals surface area contributed by atoms with Crippen LogP contribution in [-0.2, 0) is 9.53 Å². The van der Waals surface area contributed by atoms with E-state index in [1.165, 1.54) is 29.8 Å². The number of nitrogens with zero attached hydrogens (tertiary/aromatic N) is 2. The fraction of sp³-hybridized carbons (Fsp3) is 0.160. The lowest BCUT2D eigenvalue weighted by Crippen LogP contribution is -2.39. The molecule has 0 spiro atoms. The molecule has 1 aliphatic rings. The molecule has 0 aliphatic carbocycles. The van der Waals surface area contributed by atoms with Gasteiger partial charge in [-0.05, 0) is 41.5 Å². The smallest absolute Gasteiger partial charge is 0.338 e. The molecule has 3 heterocycles. The summed E-state index contributed by atoms with van der Waals surface area (Å²) in [6, 6.07) is 15.0. The molecule has 2 aromatic heterocycles. The van der Waals surface area contributed by atoms with Gasteiger partial charge in [0, 0.05) is 10.3 Å². The van der Waals surface area contributed by atoms with Gasteiger partial charge in [-0.1, -0.05) is 47.7 Å². The minimum absolute atomic E-state index is 0.189. The summed E-state index contributed by atoms with van der Waals surface area (Å²) in [5.41, 5.74) is 1.66. The molecule has 166 valence electrons. The molecule has 33 heavy (non-hydrogen) atoms. The molecule has 0 amide bonds. The zero-order chi connectivity index (χ0) is 23.1. The lowest BCUT2D eigenvalue weighted by atomic mass is 10.0. The molecular weight excluding hydrogens is 456 g/mol. The van der Waals surface area contributed by atoms with Crippen LogP contribution in [0.4, 0.5) is 0 Å². The predicted octanol–water partition coefficient (Wildman–Crippen LogP) is 3.63. The Bertz CT molecular complexity index is 1590. The van der Waals surface area contributed by atoms with Gasteiger partial charge < -0.3 is 9.47 Å². The largest absolute Gasteiger partial charge is 0.496 e. The standard InChI is InChI=1S/C25H20N2O4S2/c1-14-21(24(29)31-3)22(19-9-6-12-32-19)27-23(28)20(33-25(27)26-14)13-15-10-11-18(30-2)17-8-5-4-7-16(15)17/h4-13,22H,1-3H3/b20-13-. The number of ether oxygens (including phenoxy) is 2. The van der Waals surface area contributed by atoms with Gasteiger partial charge in [-0.15, -0.1) is 11.3 Å². The SMILES string of the molecule is COC(=O)C1=C(C)N=c2s/c(=C\c3ccc(OC)c4ccccc34)c(=O)n2C1c1cccs1. The maximum Gasteiger partial charge on any atom is 0.338 e. The second kappa shape index (κ2) is 8.46. The molecule has 6 nitrogen and oxygen atoms in total. The Hall–Kier alpha value is -3.49. The Morgan fingerprint density at radius 3 is 2.58 bits per heavy atom. The van der Waals surface area contributed by atoms with Crippen molar-refractivity contribution in [3.63, 3.8) is 0 Å². The number of methoxy groups -OCH3 is 2. The van der Waals surface area contributed by atoms with E-state index in [0.29, 0.717) is 20.6 Å². The second-order valence-electron chi connectivity index (χ2n) is 7.49.